The molecule has 2 nitrogen and oxygen atoms in total. The lowest BCUT2D eigenvalue weighted by atomic mass is 9.85. The first-order valence-electron chi connectivity index (χ1n) is 9.70. The highest BCUT2D eigenvalue weighted by Crippen LogP contribution is 2.49. The van der Waals surface area contributed by atoms with E-state index < -0.39 is 0 Å². The van der Waals surface area contributed by atoms with Gasteiger partial charge in [-0.1, -0.05) is 12.1 Å². The Morgan fingerprint density at radius 1 is 1.20 bits per heavy atom. The van der Waals surface area contributed by atoms with Gasteiger partial charge in [0, 0.05) is 10.1 Å². The third kappa shape index (κ3) is 4.57. The smallest absolute Gasteiger partial charge is 0.313 e. The highest BCUT2D eigenvalue weighted by molar-refractivity contribution is 8.00. The fraction of sp³-hybridized carbons (Fsp3) is 0.667. The van der Waals surface area contributed by atoms with Crippen molar-refractivity contribution in [2.45, 2.75) is 66.9 Å². The number of methoxy groups -OCH3 is 1. The van der Waals surface area contributed by atoms with Crippen LogP contribution < -0.4 is 0 Å². The van der Waals surface area contributed by atoms with Crippen LogP contribution in [0, 0.1) is 5.92 Å². The molecule has 1 aliphatic heterocycles. The summed E-state index contributed by atoms with van der Waals surface area (Å²) in [5.41, 5.74) is 2.69. The molecule has 0 bridgehead atoms. The summed E-state index contributed by atoms with van der Waals surface area (Å²) in [6.45, 7) is 0. The molecule has 1 aromatic rings. The fourth-order valence-electron chi connectivity index (χ4n) is 3.80. The van der Waals surface area contributed by atoms with E-state index in [0.717, 1.165) is 17.6 Å². The van der Waals surface area contributed by atoms with Gasteiger partial charge in [-0.2, -0.15) is 11.8 Å². The maximum Gasteiger partial charge on any atom is 0.313 e. The Kier molecular flexibility index (Phi) is 5.66. The van der Waals surface area contributed by atoms with Gasteiger partial charge in [-0.3, -0.25) is 4.79 Å². The van der Waals surface area contributed by atoms with Gasteiger partial charge in [0.1, 0.15) is 0 Å². The third-order valence-corrected chi connectivity index (χ3v) is 8.15. The fourth-order valence-corrected chi connectivity index (χ4v) is 6.24. The zero-order chi connectivity index (χ0) is 17.2. The van der Waals surface area contributed by atoms with Gasteiger partial charge in [0.2, 0.25) is 0 Å². The molecule has 4 heteroatoms. The predicted octanol–water partition coefficient (Wildman–Crippen LogP) is 5.61. The number of rotatable bonds is 7. The van der Waals surface area contributed by atoms with Crippen molar-refractivity contribution in [2.24, 2.45) is 5.92 Å². The Hall–Kier alpha value is -0.610. The average Bonchev–Trinajstić information content (AvgIpc) is 3.54. The average molecular weight is 377 g/mol. The third-order valence-electron chi connectivity index (χ3n) is 5.67. The summed E-state index contributed by atoms with van der Waals surface area (Å²) in [5.74, 6) is 3.73. The van der Waals surface area contributed by atoms with Crippen molar-refractivity contribution in [2.75, 3.05) is 18.6 Å². The van der Waals surface area contributed by atoms with Crippen LogP contribution in [0.1, 0.15) is 67.9 Å². The second-order valence-corrected chi connectivity index (χ2v) is 10.3. The van der Waals surface area contributed by atoms with Crippen LogP contribution in [0.4, 0.5) is 0 Å². The number of thioether (sulfide) groups is 2. The van der Waals surface area contributed by atoms with Gasteiger partial charge in [-0.05, 0) is 85.5 Å². The largest absolute Gasteiger partial charge is 0.469 e. The number of esters is 1. The molecule has 4 rings (SSSR count). The number of carbonyl (C=O) groups is 1. The van der Waals surface area contributed by atoms with Crippen LogP contribution in [0.25, 0.3) is 0 Å². The van der Waals surface area contributed by atoms with E-state index in [1.54, 1.807) is 0 Å². The van der Waals surface area contributed by atoms with Crippen molar-refractivity contribution in [1.29, 1.82) is 0 Å². The van der Waals surface area contributed by atoms with E-state index in [-0.39, 0.29) is 11.9 Å². The number of ether oxygens (including phenoxy) is 1. The summed E-state index contributed by atoms with van der Waals surface area (Å²) in [4.78, 5) is 14.0. The zero-order valence-corrected chi connectivity index (χ0v) is 16.7. The lowest BCUT2D eigenvalue weighted by molar-refractivity contribution is -0.142. The van der Waals surface area contributed by atoms with Crippen LogP contribution in [-0.2, 0) is 9.53 Å². The molecule has 0 radical (unpaired) electrons. The number of hydrogen-bond acceptors (Lipinski definition) is 4. The second-order valence-electron chi connectivity index (χ2n) is 7.76. The van der Waals surface area contributed by atoms with Crippen LogP contribution in [0.2, 0.25) is 0 Å². The van der Waals surface area contributed by atoms with E-state index >= 15 is 0 Å². The number of hydrogen-bond donors (Lipinski definition) is 0. The molecular weight excluding hydrogens is 348 g/mol. The summed E-state index contributed by atoms with van der Waals surface area (Å²) in [6.07, 6.45) is 8.77. The van der Waals surface area contributed by atoms with E-state index in [1.807, 2.05) is 11.8 Å². The Balaban J connectivity index is 1.56. The topological polar surface area (TPSA) is 26.3 Å². The van der Waals surface area contributed by atoms with Crippen molar-refractivity contribution in [3.63, 3.8) is 0 Å². The quantitative estimate of drug-likeness (QED) is 0.578. The molecular formula is C21H28O2S2. The molecule has 1 aromatic carbocycles. The standard InChI is InChI=1S/C21H28O2S2/c1-23-21(22)19(12-14-8-10-24-11-9-14)16-4-7-20(25-17-5-6-17)18(13-16)15-2-3-15/h4,7,13-15,17,19H,2-3,5-6,8-12H2,1H3. The summed E-state index contributed by atoms with van der Waals surface area (Å²) >= 11 is 4.10. The van der Waals surface area contributed by atoms with E-state index in [2.05, 4.69) is 30.0 Å². The molecule has 1 saturated heterocycles. The van der Waals surface area contributed by atoms with Crippen molar-refractivity contribution in [3.8, 4) is 0 Å². The Morgan fingerprint density at radius 3 is 2.60 bits per heavy atom. The van der Waals surface area contributed by atoms with Gasteiger partial charge in [0.05, 0.1) is 13.0 Å². The summed E-state index contributed by atoms with van der Waals surface area (Å²) in [5, 5.41) is 0.833. The first-order valence-corrected chi connectivity index (χ1v) is 11.7. The maximum absolute atomic E-state index is 12.5. The Morgan fingerprint density at radius 2 is 1.96 bits per heavy atom. The van der Waals surface area contributed by atoms with Crippen molar-refractivity contribution < 1.29 is 9.53 Å². The normalized spacial score (nSPS) is 22.6. The van der Waals surface area contributed by atoms with Gasteiger partial charge >= 0.3 is 5.97 Å². The van der Waals surface area contributed by atoms with Crippen LogP contribution >= 0.6 is 23.5 Å². The minimum atomic E-state index is -0.0874. The molecule has 0 N–H and O–H groups in total. The summed E-state index contributed by atoms with van der Waals surface area (Å²) in [7, 11) is 1.53. The Labute approximate surface area is 159 Å². The highest BCUT2D eigenvalue weighted by Gasteiger charge is 2.32. The van der Waals surface area contributed by atoms with Crippen LogP contribution in [-0.4, -0.2) is 29.8 Å². The summed E-state index contributed by atoms with van der Waals surface area (Å²) < 4.78 is 5.18. The predicted molar refractivity (Wildman–Crippen MR) is 107 cm³/mol. The molecule has 136 valence electrons. The molecule has 2 aliphatic carbocycles. The molecule has 1 unspecified atom stereocenters. The first-order chi connectivity index (χ1) is 12.2. The molecule has 1 atom stereocenters. The minimum Gasteiger partial charge on any atom is -0.469 e. The number of benzene rings is 1. The minimum absolute atomic E-state index is 0.0532. The summed E-state index contributed by atoms with van der Waals surface area (Å²) in [6, 6.07) is 6.84. The van der Waals surface area contributed by atoms with Crippen molar-refractivity contribution in [1.82, 2.24) is 0 Å². The van der Waals surface area contributed by atoms with E-state index in [1.165, 1.54) is 73.2 Å². The second kappa shape index (κ2) is 7.96. The van der Waals surface area contributed by atoms with Gasteiger partial charge < -0.3 is 4.74 Å². The lowest BCUT2D eigenvalue weighted by Gasteiger charge is -2.26. The van der Waals surface area contributed by atoms with Crippen LogP contribution in [0.3, 0.4) is 0 Å². The van der Waals surface area contributed by atoms with Crippen molar-refractivity contribution >= 4 is 29.5 Å². The van der Waals surface area contributed by atoms with Gasteiger partial charge in [0.15, 0.2) is 0 Å². The monoisotopic (exact) mass is 376 g/mol. The molecule has 1 heterocycles. The molecule has 25 heavy (non-hydrogen) atoms. The molecule has 0 spiro atoms. The zero-order valence-electron chi connectivity index (χ0n) is 15.0. The van der Waals surface area contributed by atoms with E-state index in [9.17, 15) is 4.79 Å². The molecule has 2 saturated carbocycles. The van der Waals surface area contributed by atoms with Crippen LogP contribution in [0.15, 0.2) is 23.1 Å². The molecule has 0 amide bonds. The SMILES string of the molecule is COC(=O)C(CC1CCSCC1)c1ccc(SC2CC2)c(C2CC2)c1. The van der Waals surface area contributed by atoms with Crippen LogP contribution in [0.5, 0.6) is 0 Å². The van der Waals surface area contributed by atoms with Gasteiger partial charge in [-0.25, -0.2) is 0 Å². The molecule has 3 fully saturated rings. The number of carbonyl (C=O) groups excluding carboxylic acids is 1. The molecule has 3 aliphatic rings. The lowest BCUT2D eigenvalue weighted by Crippen LogP contribution is -2.20. The maximum atomic E-state index is 12.5. The van der Waals surface area contributed by atoms with Crippen molar-refractivity contribution in [3.05, 3.63) is 29.3 Å². The Bertz CT molecular complexity index is 616. The highest BCUT2D eigenvalue weighted by atomic mass is 32.2. The molecule has 0 aromatic heterocycles. The first kappa shape index (κ1) is 17.8. The van der Waals surface area contributed by atoms with E-state index in [4.69, 9.17) is 4.74 Å². The van der Waals surface area contributed by atoms with E-state index in [0.29, 0.717) is 5.92 Å². The van der Waals surface area contributed by atoms with Gasteiger partial charge in [0.25, 0.3) is 0 Å². The van der Waals surface area contributed by atoms with Gasteiger partial charge in [-0.15, -0.1) is 11.8 Å².